The molecule has 19 heavy (non-hydrogen) atoms. The van der Waals surface area contributed by atoms with Gasteiger partial charge in [-0.05, 0) is 38.1 Å². The molecule has 0 aliphatic heterocycles. The minimum atomic E-state index is 0.271. The van der Waals surface area contributed by atoms with E-state index in [0.29, 0.717) is 5.82 Å². The summed E-state index contributed by atoms with van der Waals surface area (Å²) in [6.45, 7) is 4.23. The Bertz CT molecular complexity index is 712. The van der Waals surface area contributed by atoms with E-state index in [0.717, 1.165) is 22.6 Å². The van der Waals surface area contributed by atoms with Gasteiger partial charge in [0.2, 0.25) is 0 Å². The van der Waals surface area contributed by atoms with Gasteiger partial charge in [0.15, 0.2) is 5.65 Å². The summed E-state index contributed by atoms with van der Waals surface area (Å²) in [6, 6.07) is 7.85. The maximum atomic E-state index is 5.63. The third kappa shape index (κ3) is 1.93. The van der Waals surface area contributed by atoms with Crippen molar-refractivity contribution in [1.29, 1.82) is 0 Å². The van der Waals surface area contributed by atoms with Gasteiger partial charge in [-0.2, -0.15) is 0 Å². The highest BCUT2D eigenvalue weighted by Crippen LogP contribution is 2.26. The maximum absolute atomic E-state index is 5.63. The van der Waals surface area contributed by atoms with Crippen LogP contribution in [0.3, 0.4) is 0 Å². The summed E-state index contributed by atoms with van der Waals surface area (Å²) in [5, 5.41) is 0. The number of imidazole rings is 1. The molecule has 0 aliphatic rings. The summed E-state index contributed by atoms with van der Waals surface area (Å²) in [5.74, 6) is 1.38. The Labute approximate surface area is 111 Å². The van der Waals surface area contributed by atoms with Gasteiger partial charge in [0.1, 0.15) is 17.2 Å². The van der Waals surface area contributed by atoms with Crippen LogP contribution in [0.2, 0.25) is 0 Å². The van der Waals surface area contributed by atoms with E-state index in [4.69, 9.17) is 5.73 Å². The third-order valence-electron chi connectivity index (χ3n) is 3.01. The first-order chi connectivity index (χ1) is 9.16. The first kappa shape index (κ1) is 11.6. The lowest BCUT2D eigenvalue weighted by atomic mass is 10.2. The molecular formula is C14H15N5. The molecule has 0 saturated carbocycles. The number of nitrogens with two attached hydrogens (primary N) is 1. The standard InChI is InChI=1S/C14H15N5/c1-9(2)19-13(10-5-6-12(15)17-8-10)18-11-4-3-7-16-14(11)19/h3-9H,1-2H3,(H2,15,17). The molecule has 96 valence electrons. The van der Waals surface area contributed by atoms with Crippen molar-refractivity contribution in [3.63, 3.8) is 0 Å². The lowest BCUT2D eigenvalue weighted by Crippen LogP contribution is -2.04. The highest BCUT2D eigenvalue weighted by molar-refractivity contribution is 5.77. The molecule has 3 rings (SSSR count). The van der Waals surface area contributed by atoms with E-state index in [1.807, 2.05) is 18.2 Å². The zero-order valence-electron chi connectivity index (χ0n) is 10.9. The molecule has 0 amide bonds. The first-order valence-electron chi connectivity index (χ1n) is 6.21. The normalized spacial score (nSPS) is 11.3. The number of rotatable bonds is 2. The van der Waals surface area contributed by atoms with Gasteiger partial charge in [0, 0.05) is 24.0 Å². The third-order valence-corrected chi connectivity index (χ3v) is 3.01. The quantitative estimate of drug-likeness (QED) is 0.762. The van der Waals surface area contributed by atoms with Crippen LogP contribution in [0.5, 0.6) is 0 Å². The Hall–Kier alpha value is -2.43. The summed E-state index contributed by atoms with van der Waals surface area (Å²) in [5.41, 5.74) is 8.36. The zero-order valence-corrected chi connectivity index (χ0v) is 10.9. The number of hydrogen-bond donors (Lipinski definition) is 1. The second-order valence-electron chi connectivity index (χ2n) is 4.72. The topological polar surface area (TPSA) is 69.6 Å². The molecule has 0 spiro atoms. The van der Waals surface area contributed by atoms with Crippen LogP contribution < -0.4 is 5.73 Å². The molecule has 5 nitrogen and oxygen atoms in total. The van der Waals surface area contributed by atoms with Gasteiger partial charge < -0.3 is 10.3 Å². The van der Waals surface area contributed by atoms with E-state index in [1.165, 1.54) is 0 Å². The van der Waals surface area contributed by atoms with Crippen LogP contribution in [0.1, 0.15) is 19.9 Å². The van der Waals surface area contributed by atoms with Gasteiger partial charge in [-0.1, -0.05) is 0 Å². The van der Waals surface area contributed by atoms with E-state index >= 15 is 0 Å². The average Bonchev–Trinajstić information content (AvgIpc) is 2.78. The van der Waals surface area contributed by atoms with Crippen molar-refractivity contribution in [2.45, 2.75) is 19.9 Å². The molecule has 5 heteroatoms. The predicted octanol–water partition coefficient (Wildman–Crippen LogP) is 2.66. The number of pyridine rings is 2. The Kier molecular flexibility index (Phi) is 2.67. The minimum Gasteiger partial charge on any atom is -0.384 e. The van der Waals surface area contributed by atoms with Crippen LogP contribution in [0, 0.1) is 0 Å². The summed E-state index contributed by atoms with van der Waals surface area (Å²) >= 11 is 0. The summed E-state index contributed by atoms with van der Waals surface area (Å²) in [7, 11) is 0. The van der Waals surface area contributed by atoms with Crippen molar-refractivity contribution in [3.8, 4) is 11.4 Å². The fourth-order valence-electron chi connectivity index (χ4n) is 2.16. The van der Waals surface area contributed by atoms with Gasteiger partial charge in [-0.15, -0.1) is 0 Å². The molecule has 3 aromatic heterocycles. The largest absolute Gasteiger partial charge is 0.384 e. The molecule has 0 aromatic carbocycles. The highest BCUT2D eigenvalue weighted by atomic mass is 15.1. The molecule has 0 bridgehead atoms. The molecule has 0 saturated heterocycles. The van der Waals surface area contributed by atoms with Gasteiger partial charge in [-0.3, -0.25) is 0 Å². The van der Waals surface area contributed by atoms with E-state index in [9.17, 15) is 0 Å². The SMILES string of the molecule is CC(C)n1c(-c2ccc(N)nc2)nc2cccnc21. The monoisotopic (exact) mass is 253 g/mol. The number of nitrogen functional groups attached to an aromatic ring is 1. The summed E-state index contributed by atoms with van der Waals surface area (Å²) in [6.07, 6.45) is 3.53. The molecule has 0 fully saturated rings. The van der Waals surface area contributed by atoms with E-state index in [-0.39, 0.29) is 6.04 Å². The minimum absolute atomic E-state index is 0.271. The Balaban J connectivity index is 2.28. The van der Waals surface area contributed by atoms with Gasteiger partial charge >= 0.3 is 0 Å². The van der Waals surface area contributed by atoms with Crippen molar-refractivity contribution in [3.05, 3.63) is 36.7 Å². The van der Waals surface area contributed by atoms with Crippen LogP contribution in [-0.2, 0) is 0 Å². The van der Waals surface area contributed by atoms with Crippen molar-refractivity contribution >= 4 is 17.0 Å². The van der Waals surface area contributed by atoms with Crippen LogP contribution >= 0.6 is 0 Å². The van der Waals surface area contributed by atoms with Crippen LogP contribution in [0.15, 0.2) is 36.7 Å². The van der Waals surface area contributed by atoms with E-state index in [1.54, 1.807) is 18.5 Å². The Morgan fingerprint density at radius 1 is 1.16 bits per heavy atom. The number of hydrogen-bond acceptors (Lipinski definition) is 4. The molecule has 0 radical (unpaired) electrons. The highest BCUT2D eigenvalue weighted by Gasteiger charge is 2.15. The number of nitrogens with zero attached hydrogens (tertiary/aromatic N) is 4. The zero-order chi connectivity index (χ0) is 13.4. The molecule has 0 aliphatic carbocycles. The molecule has 0 atom stereocenters. The second-order valence-corrected chi connectivity index (χ2v) is 4.72. The lowest BCUT2D eigenvalue weighted by Gasteiger charge is -2.12. The van der Waals surface area contributed by atoms with Crippen LogP contribution in [0.25, 0.3) is 22.6 Å². The number of anilines is 1. The van der Waals surface area contributed by atoms with Gasteiger partial charge in [0.05, 0.1) is 0 Å². The van der Waals surface area contributed by atoms with E-state index in [2.05, 4.69) is 33.4 Å². The smallest absolute Gasteiger partial charge is 0.160 e. The second kappa shape index (κ2) is 4.35. The average molecular weight is 253 g/mol. The van der Waals surface area contributed by atoms with Crippen molar-refractivity contribution < 1.29 is 0 Å². The van der Waals surface area contributed by atoms with Crippen LogP contribution in [0.4, 0.5) is 5.82 Å². The van der Waals surface area contributed by atoms with Gasteiger partial charge in [-0.25, -0.2) is 15.0 Å². The fourth-order valence-corrected chi connectivity index (χ4v) is 2.16. The Morgan fingerprint density at radius 3 is 2.68 bits per heavy atom. The predicted molar refractivity (Wildman–Crippen MR) is 75.6 cm³/mol. The lowest BCUT2D eigenvalue weighted by molar-refractivity contribution is 0.619. The molecule has 3 aromatic rings. The van der Waals surface area contributed by atoms with Crippen molar-refractivity contribution in [1.82, 2.24) is 19.5 Å². The fraction of sp³-hybridized carbons (Fsp3) is 0.214. The van der Waals surface area contributed by atoms with Gasteiger partial charge in [0.25, 0.3) is 0 Å². The van der Waals surface area contributed by atoms with Crippen molar-refractivity contribution in [2.24, 2.45) is 0 Å². The maximum Gasteiger partial charge on any atom is 0.160 e. The van der Waals surface area contributed by atoms with E-state index < -0.39 is 0 Å². The molecule has 3 heterocycles. The Morgan fingerprint density at radius 2 is 2.00 bits per heavy atom. The molecule has 0 unspecified atom stereocenters. The van der Waals surface area contributed by atoms with Crippen molar-refractivity contribution in [2.75, 3.05) is 5.73 Å². The summed E-state index contributed by atoms with van der Waals surface area (Å²) in [4.78, 5) is 13.2. The summed E-state index contributed by atoms with van der Waals surface area (Å²) < 4.78 is 2.11. The molecular weight excluding hydrogens is 238 g/mol. The molecule has 2 N–H and O–H groups in total. The number of aromatic nitrogens is 4. The number of fused-ring (bicyclic) bond motifs is 1. The first-order valence-corrected chi connectivity index (χ1v) is 6.21. The van der Waals surface area contributed by atoms with Crippen LogP contribution in [-0.4, -0.2) is 19.5 Å².